The van der Waals surface area contributed by atoms with Gasteiger partial charge in [0.25, 0.3) is 10.0 Å². The molecule has 0 aromatic heterocycles. The van der Waals surface area contributed by atoms with E-state index in [1.165, 1.54) is 6.07 Å². The summed E-state index contributed by atoms with van der Waals surface area (Å²) in [6.07, 6.45) is 4.34. The van der Waals surface area contributed by atoms with Crippen LogP contribution in [0.2, 0.25) is 0 Å². The Morgan fingerprint density at radius 1 is 1.09 bits per heavy atom. The van der Waals surface area contributed by atoms with Crippen LogP contribution in [0.3, 0.4) is 0 Å². The molecule has 0 saturated heterocycles. The summed E-state index contributed by atoms with van der Waals surface area (Å²) in [4.78, 5) is 1.87. The highest BCUT2D eigenvalue weighted by Gasteiger charge is 2.31. The van der Waals surface area contributed by atoms with Gasteiger partial charge >= 0.3 is 0 Å². The van der Waals surface area contributed by atoms with Crippen LogP contribution in [0.15, 0.2) is 45.7 Å². The fraction of sp³-hybridized carbons (Fsp3) is 0.435. The number of anilines is 1. The molecule has 0 atom stereocenters. The Labute approximate surface area is 187 Å². The predicted molar refractivity (Wildman–Crippen MR) is 119 cm³/mol. The quantitative estimate of drug-likeness (QED) is 0.724. The number of benzene rings is 2. The zero-order chi connectivity index (χ0) is 22.3. The van der Waals surface area contributed by atoms with Gasteiger partial charge in [-0.2, -0.15) is 8.42 Å². The molecule has 1 saturated carbocycles. The number of sulfonamides is 1. The monoisotopic (exact) mass is 459 g/mol. The van der Waals surface area contributed by atoms with Gasteiger partial charge in [0.2, 0.25) is 6.79 Å². The van der Waals surface area contributed by atoms with Crippen LogP contribution in [0.1, 0.15) is 38.2 Å². The van der Waals surface area contributed by atoms with Crippen LogP contribution in [0.25, 0.3) is 0 Å². The molecule has 1 fully saturated rings. The smallest absolute Gasteiger partial charge is 0.289 e. The third-order valence-corrected chi connectivity index (χ3v) is 7.80. The molecular formula is C23H26FN3O4S. The molecule has 9 heteroatoms. The van der Waals surface area contributed by atoms with Crippen molar-refractivity contribution in [3.05, 3.63) is 47.8 Å². The molecule has 2 heterocycles. The minimum atomic E-state index is -4.10. The molecule has 0 unspecified atom stereocenters. The van der Waals surface area contributed by atoms with Crippen LogP contribution >= 0.6 is 0 Å². The first-order valence-electron chi connectivity index (χ1n) is 10.9. The summed E-state index contributed by atoms with van der Waals surface area (Å²) in [5, 5.41) is 3.04. The van der Waals surface area contributed by atoms with Crippen LogP contribution in [0, 0.1) is 11.7 Å². The van der Waals surface area contributed by atoms with E-state index in [-0.39, 0.29) is 12.5 Å². The first-order chi connectivity index (χ1) is 15.4. The number of hydrogen-bond acceptors (Lipinski definition) is 6. The van der Waals surface area contributed by atoms with Gasteiger partial charge in [-0.05, 0) is 61.4 Å². The summed E-state index contributed by atoms with van der Waals surface area (Å²) >= 11 is 0. The minimum absolute atomic E-state index is 0.220. The first kappa shape index (κ1) is 21.2. The SMILES string of the molecule is CC1CCC(N(CC2=NS(=O)(=O)c3c(F)cccc3N2)Cc2ccc3c(c2)OCO3)CC1. The van der Waals surface area contributed by atoms with Crippen molar-refractivity contribution < 1.29 is 22.3 Å². The molecule has 1 aliphatic carbocycles. The van der Waals surface area contributed by atoms with E-state index in [1.807, 2.05) is 18.2 Å². The Hall–Kier alpha value is -2.65. The predicted octanol–water partition coefficient (Wildman–Crippen LogP) is 4.15. The van der Waals surface area contributed by atoms with Gasteiger partial charge in [-0.3, -0.25) is 4.90 Å². The van der Waals surface area contributed by atoms with E-state index >= 15 is 0 Å². The number of fused-ring (bicyclic) bond motifs is 2. The Kier molecular flexibility index (Phi) is 5.54. The Balaban J connectivity index is 1.42. The molecule has 2 aliphatic heterocycles. The zero-order valence-corrected chi connectivity index (χ0v) is 18.7. The van der Waals surface area contributed by atoms with Crippen molar-refractivity contribution in [1.29, 1.82) is 0 Å². The molecular weight excluding hydrogens is 433 g/mol. The van der Waals surface area contributed by atoms with Crippen LogP contribution in [0.5, 0.6) is 11.5 Å². The summed E-state index contributed by atoms with van der Waals surface area (Å²) in [6, 6.07) is 10.4. The molecule has 2 aromatic carbocycles. The fourth-order valence-corrected chi connectivity index (χ4v) is 5.89. The third kappa shape index (κ3) is 4.19. The van der Waals surface area contributed by atoms with E-state index < -0.39 is 20.7 Å². The largest absolute Gasteiger partial charge is 0.454 e. The highest BCUT2D eigenvalue weighted by molar-refractivity contribution is 7.90. The van der Waals surface area contributed by atoms with Crippen LogP contribution in [-0.2, 0) is 16.6 Å². The number of nitrogens with zero attached hydrogens (tertiary/aromatic N) is 2. The lowest BCUT2D eigenvalue weighted by Crippen LogP contribution is -2.43. The van der Waals surface area contributed by atoms with Gasteiger partial charge in [0.15, 0.2) is 11.5 Å². The van der Waals surface area contributed by atoms with Crippen molar-refractivity contribution in [3.8, 4) is 11.5 Å². The van der Waals surface area contributed by atoms with Gasteiger partial charge in [-0.1, -0.05) is 19.1 Å². The summed E-state index contributed by atoms with van der Waals surface area (Å²) in [5.74, 6) is 1.66. The molecule has 32 heavy (non-hydrogen) atoms. The maximum absolute atomic E-state index is 14.2. The summed E-state index contributed by atoms with van der Waals surface area (Å²) in [5.41, 5.74) is 1.29. The normalized spacial score (nSPS) is 23.4. The second kappa shape index (κ2) is 8.37. The number of amidine groups is 1. The molecule has 0 spiro atoms. The maximum Gasteiger partial charge on any atom is 0.289 e. The third-order valence-electron chi connectivity index (χ3n) is 6.41. The Morgan fingerprint density at radius 3 is 2.69 bits per heavy atom. The minimum Gasteiger partial charge on any atom is -0.454 e. The van der Waals surface area contributed by atoms with Crippen molar-refractivity contribution in [2.45, 2.75) is 50.1 Å². The summed E-state index contributed by atoms with van der Waals surface area (Å²) < 4.78 is 54.4. The molecule has 170 valence electrons. The molecule has 2 aromatic rings. The number of ether oxygens (including phenoxy) is 2. The molecule has 1 N–H and O–H groups in total. The standard InChI is InChI=1S/C23H26FN3O4S/c1-15-5-8-17(9-6-15)27(12-16-7-10-20-21(11-16)31-14-30-20)13-22-25-19-4-2-3-18(24)23(19)32(28,29)26-22/h2-4,7,10-11,15,17H,5-6,8-9,12-14H2,1H3,(H,25,26). The topological polar surface area (TPSA) is 80.2 Å². The average Bonchev–Trinajstić information content (AvgIpc) is 3.21. The number of halogens is 1. The zero-order valence-electron chi connectivity index (χ0n) is 17.9. The second-order valence-corrected chi connectivity index (χ2v) is 10.3. The van der Waals surface area contributed by atoms with E-state index in [1.54, 1.807) is 6.07 Å². The highest BCUT2D eigenvalue weighted by atomic mass is 32.2. The van der Waals surface area contributed by atoms with Crippen molar-refractivity contribution in [2.75, 3.05) is 18.7 Å². The molecule has 0 radical (unpaired) electrons. The van der Waals surface area contributed by atoms with E-state index in [0.717, 1.165) is 48.8 Å². The van der Waals surface area contributed by atoms with Crippen LogP contribution in [0.4, 0.5) is 10.1 Å². The van der Waals surface area contributed by atoms with Crippen LogP contribution < -0.4 is 14.8 Å². The number of rotatable bonds is 5. The Morgan fingerprint density at radius 2 is 1.88 bits per heavy atom. The van der Waals surface area contributed by atoms with Crippen molar-refractivity contribution >= 4 is 21.5 Å². The number of hydrogen-bond donors (Lipinski definition) is 1. The fourth-order valence-electron chi connectivity index (χ4n) is 4.69. The maximum atomic E-state index is 14.2. The van der Waals surface area contributed by atoms with Crippen molar-refractivity contribution in [1.82, 2.24) is 4.90 Å². The molecule has 5 rings (SSSR count). The summed E-state index contributed by atoms with van der Waals surface area (Å²) in [7, 11) is -4.10. The van der Waals surface area contributed by atoms with E-state index in [9.17, 15) is 12.8 Å². The molecule has 0 amide bonds. The second-order valence-electron chi connectivity index (χ2n) is 8.76. The van der Waals surface area contributed by atoms with Gasteiger partial charge in [-0.15, -0.1) is 4.40 Å². The number of nitrogens with one attached hydrogen (secondary N) is 1. The van der Waals surface area contributed by atoms with Gasteiger partial charge in [-0.25, -0.2) is 4.39 Å². The lowest BCUT2D eigenvalue weighted by atomic mass is 9.86. The Bertz CT molecular complexity index is 1160. The molecule has 7 nitrogen and oxygen atoms in total. The lowest BCUT2D eigenvalue weighted by molar-refractivity contribution is 0.151. The van der Waals surface area contributed by atoms with E-state index in [0.29, 0.717) is 30.9 Å². The van der Waals surface area contributed by atoms with Gasteiger partial charge in [0, 0.05) is 12.6 Å². The van der Waals surface area contributed by atoms with Crippen molar-refractivity contribution in [3.63, 3.8) is 0 Å². The highest BCUT2D eigenvalue weighted by Crippen LogP contribution is 2.35. The van der Waals surface area contributed by atoms with E-state index in [2.05, 4.69) is 21.5 Å². The van der Waals surface area contributed by atoms with Gasteiger partial charge in [0.05, 0.1) is 12.2 Å². The van der Waals surface area contributed by atoms with Gasteiger partial charge < -0.3 is 14.8 Å². The first-order valence-corrected chi connectivity index (χ1v) is 12.3. The lowest BCUT2D eigenvalue weighted by Gasteiger charge is -2.37. The van der Waals surface area contributed by atoms with E-state index in [4.69, 9.17) is 9.47 Å². The molecule has 3 aliphatic rings. The average molecular weight is 460 g/mol. The summed E-state index contributed by atoms with van der Waals surface area (Å²) in [6.45, 7) is 3.43. The van der Waals surface area contributed by atoms with Gasteiger partial charge in [0.1, 0.15) is 16.5 Å². The molecule has 0 bridgehead atoms. The van der Waals surface area contributed by atoms with Crippen molar-refractivity contribution in [2.24, 2.45) is 10.3 Å². The van der Waals surface area contributed by atoms with Crippen LogP contribution in [-0.4, -0.2) is 38.5 Å².